The molecule has 0 spiro atoms. The zero-order chi connectivity index (χ0) is 15.2. The Bertz CT molecular complexity index is 433. The summed E-state index contributed by atoms with van der Waals surface area (Å²) in [4.78, 5) is 2.57. The Balaban J connectivity index is 1.91. The molecule has 21 heavy (non-hydrogen) atoms. The third-order valence-electron chi connectivity index (χ3n) is 4.67. The summed E-state index contributed by atoms with van der Waals surface area (Å²) in [6, 6.07) is 7.55. The Morgan fingerprint density at radius 1 is 1.33 bits per heavy atom. The van der Waals surface area contributed by atoms with Gasteiger partial charge in [-0.05, 0) is 58.2 Å². The summed E-state index contributed by atoms with van der Waals surface area (Å²) in [5.41, 5.74) is 0.769. The number of benzene rings is 1. The lowest BCUT2D eigenvalue weighted by Gasteiger charge is -2.37. The van der Waals surface area contributed by atoms with Crippen LogP contribution in [0, 0.1) is 11.7 Å². The molecule has 0 aliphatic carbocycles. The largest absolute Gasteiger partial charge is 0.307 e. The molecule has 2 rings (SSSR count). The molecule has 0 aromatic heterocycles. The second-order valence-corrected chi connectivity index (χ2v) is 6.40. The maximum absolute atomic E-state index is 13.8. The van der Waals surface area contributed by atoms with Gasteiger partial charge in [-0.15, -0.1) is 0 Å². The summed E-state index contributed by atoms with van der Waals surface area (Å²) < 4.78 is 13.8. The van der Waals surface area contributed by atoms with Crippen LogP contribution in [0.2, 0.25) is 0 Å². The Morgan fingerprint density at radius 2 is 2.10 bits per heavy atom. The van der Waals surface area contributed by atoms with Crippen LogP contribution in [0.5, 0.6) is 0 Å². The number of rotatable bonds is 6. The molecule has 1 aromatic carbocycles. The van der Waals surface area contributed by atoms with Crippen molar-refractivity contribution in [2.45, 2.75) is 52.1 Å². The molecule has 0 radical (unpaired) electrons. The van der Waals surface area contributed by atoms with E-state index in [-0.39, 0.29) is 11.9 Å². The molecule has 1 heterocycles. The molecule has 1 aliphatic heterocycles. The van der Waals surface area contributed by atoms with E-state index in [1.807, 2.05) is 12.1 Å². The summed E-state index contributed by atoms with van der Waals surface area (Å²) in [6.45, 7) is 10.2. The van der Waals surface area contributed by atoms with E-state index in [1.165, 1.54) is 38.9 Å². The predicted octanol–water partition coefficient (Wildman–Crippen LogP) is 3.99. The van der Waals surface area contributed by atoms with Crippen molar-refractivity contribution in [1.82, 2.24) is 10.2 Å². The first-order valence-electron chi connectivity index (χ1n) is 8.34. The van der Waals surface area contributed by atoms with Gasteiger partial charge in [0.15, 0.2) is 0 Å². The molecule has 0 amide bonds. The maximum atomic E-state index is 13.8. The highest BCUT2D eigenvalue weighted by Crippen LogP contribution is 2.23. The highest BCUT2D eigenvalue weighted by Gasteiger charge is 2.25. The lowest BCUT2D eigenvalue weighted by atomic mass is 9.90. The van der Waals surface area contributed by atoms with E-state index in [0.29, 0.717) is 12.0 Å². The van der Waals surface area contributed by atoms with E-state index in [1.54, 1.807) is 12.1 Å². The Kier molecular flexibility index (Phi) is 6.19. The molecule has 1 fully saturated rings. The highest BCUT2D eigenvalue weighted by atomic mass is 19.1. The molecular formula is C18H29FN2. The Morgan fingerprint density at radius 3 is 2.81 bits per heavy atom. The number of hydrogen-bond acceptors (Lipinski definition) is 2. The van der Waals surface area contributed by atoms with Gasteiger partial charge in [-0.25, -0.2) is 4.39 Å². The maximum Gasteiger partial charge on any atom is 0.127 e. The molecule has 2 nitrogen and oxygen atoms in total. The van der Waals surface area contributed by atoms with Crippen molar-refractivity contribution < 1.29 is 4.39 Å². The number of piperidine rings is 1. The molecule has 1 N–H and O–H groups in total. The molecule has 1 saturated heterocycles. The van der Waals surface area contributed by atoms with Crippen molar-refractivity contribution >= 4 is 0 Å². The Labute approximate surface area is 128 Å². The van der Waals surface area contributed by atoms with Crippen molar-refractivity contribution in [3.05, 3.63) is 35.6 Å². The van der Waals surface area contributed by atoms with Crippen LogP contribution < -0.4 is 5.32 Å². The van der Waals surface area contributed by atoms with E-state index in [4.69, 9.17) is 0 Å². The van der Waals surface area contributed by atoms with E-state index >= 15 is 0 Å². The van der Waals surface area contributed by atoms with Crippen LogP contribution in [0.3, 0.4) is 0 Å². The summed E-state index contributed by atoms with van der Waals surface area (Å²) in [6.07, 6.45) is 3.78. The second kappa shape index (κ2) is 7.90. The predicted molar refractivity (Wildman–Crippen MR) is 86.9 cm³/mol. The van der Waals surface area contributed by atoms with Crippen molar-refractivity contribution in [2.24, 2.45) is 5.92 Å². The van der Waals surface area contributed by atoms with Gasteiger partial charge in [-0.3, -0.25) is 0 Å². The molecule has 3 heteroatoms. The second-order valence-electron chi connectivity index (χ2n) is 6.40. The Hall–Kier alpha value is -0.930. The van der Waals surface area contributed by atoms with Gasteiger partial charge < -0.3 is 10.2 Å². The molecular weight excluding hydrogens is 263 g/mol. The fraction of sp³-hybridized carbons (Fsp3) is 0.667. The quantitative estimate of drug-likeness (QED) is 0.853. The lowest BCUT2D eigenvalue weighted by molar-refractivity contribution is 0.147. The lowest BCUT2D eigenvalue weighted by Crippen LogP contribution is -2.45. The topological polar surface area (TPSA) is 15.3 Å². The number of nitrogens with zero attached hydrogens (tertiary/aromatic N) is 1. The summed E-state index contributed by atoms with van der Waals surface area (Å²) >= 11 is 0. The standard InChI is InChI=1S/C18H29FN2/c1-4-11-21-12-7-8-16(13-21)14(2)20-15(3)17-9-5-6-10-18(17)19/h5-6,9-10,14-16,20H,4,7-8,11-13H2,1-3H3/t14?,15-,16?/m1/s1. The van der Waals surface area contributed by atoms with Gasteiger partial charge in [0.05, 0.1) is 0 Å². The molecule has 2 unspecified atom stereocenters. The van der Waals surface area contributed by atoms with Gasteiger partial charge in [0.2, 0.25) is 0 Å². The SMILES string of the molecule is CCCN1CCCC(C(C)N[C@H](C)c2ccccc2F)C1. The van der Waals surface area contributed by atoms with Crippen LogP contribution in [0.15, 0.2) is 24.3 Å². The van der Waals surface area contributed by atoms with Gasteiger partial charge in [0.1, 0.15) is 5.82 Å². The fourth-order valence-corrected chi connectivity index (χ4v) is 3.47. The van der Waals surface area contributed by atoms with Crippen LogP contribution in [0.4, 0.5) is 4.39 Å². The number of halogens is 1. The third kappa shape index (κ3) is 4.52. The molecule has 118 valence electrons. The summed E-state index contributed by atoms with van der Waals surface area (Å²) in [5.74, 6) is 0.556. The van der Waals surface area contributed by atoms with Crippen LogP contribution in [-0.2, 0) is 0 Å². The molecule has 0 bridgehead atoms. The minimum atomic E-state index is -0.110. The highest BCUT2D eigenvalue weighted by molar-refractivity contribution is 5.20. The minimum absolute atomic E-state index is 0.0581. The minimum Gasteiger partial charge on any atom is -0.307 e. The monoisotopic (exact) mass is 292 g/mol. The first-order chi connectivity index (χ1) is 10.1. The van der Waals surface area contributed by atoms with Gasteiger partial charge >= 0.3 is 0 Å². The summed E-state index contributed by atoms with van der Waals surface area (Å²) in [5, 5.41) is 3.60. The molecule has 3 atom stereocenters. The first-order valence-corrected chi connectivity index (χ1v) is 8.34. The molecule has 1 aliphatic rings. The molecule has 1 aromatic rings. The van der Waals surface area contributed by atoms with Gasteiger partial charge in [0.25, 0.3) is 0 Å². The molecule has 0 saturated carbocycles. The van der Waals surface area contributed by atoms with E-state index < -0.39 is 0 Å². The first kappa shape index (κ1) is 16.4. The van der Waals surface area contributed by atoms with Gasteiger partial charge in [-0.1, -0.05) is 25.1 Å². The smallest absolute Gasteiger partial charge is 0.127 e. The van der Waals surface area contributed by atoms with Crippen LogP contribution >= 0.6 is 0 Å². The number of likely N-dealkylation sites (tertiary alicyclic amines) is 1. The van der Waals surface area contributed by atoms with Crippen molar-refractivity contribution in [2.75, 3.05) is 19.6 Å². The zero-order valence-electron chi connectivity index (χ0n) is 13.6. The van der Waals surface area contributed by atoms with E-state index in [9.17, 15) is 4.39 Å². The van der Waals surface area contributed by atoms with Crippen molar-refractivity contribution in [1.29, 1.82) is 0 Å². The van der Waals surface area contributed by atoms with Gasteiger partial charge in [-0.2, -0.15) is 0 Å². The van der Waals surface area contributed by atoms with Gasteiger partial charge in [0, 0.05) is 24.2 Å². The normalized spacial score (nSPS) is 23.0. The number of nitrogens with one attached hydrogen (secondary N) is 1. The number of hydrogen-bond donors (Lipinski definition) is 1. The third-order valence-corrected chi connectivity index (χ3v) is 4.67. The average molecular weight is 292 g/mol. The van der Waals surface area contributed by atoms with Crippen LogP contribution in [-0.4, -0.2) is 30.6 Å². The van der Waals surface area contributed by atoms with E-state index in [0.717, 1.165) is 5.56 Å². The summed E-state index contributed by atoms with van der Waals surface area (Å²) in [7, 11) is 0. The fourth-order valence-electron chi connectivity index (χ4n) is 3.47. The van der Waals surface area contributed by atoms with E-state index in [2.05, 4.69) is 31.0 Å². The van der Waals surface area contributed by atoms with Crippen LogP contribution in [0.25, 0.3) is 0 Å². The van der Waals surface area contributed by atoms with Crippen LogP contribution in [0.1, 0.15) is 51.6 Å². The zero-order valence-corrected chi connectivity index (χ0v) is 13.6. The van der Waals surface area contributed by atoms with Crippen molar-refractivity contribution in [3.8, 4) is 0 Å². The van der Waals surface area contributed by atoms with Crippen molar-refractivity contribution in [3.63, 3.8) is 0 Å². The average Bonchev–Trinajstić information content (AvgIpc) is 2.48.